The van der Waals surface area contributed by atoms with Crippen molar-refractivity contribution in [2.45, 2.75) is 51.1 Å². The number of carbonyl (C=O) groups excluding carboxylic acids is 3. The Kier molecular flexibility index (Phi) is 10.9. The van der Waals surface area contributed by atoms with E-state index in [2.05, 4.69) is 10.6 Å². The number of halogens is 2. The number of piperazine rings is 1. The maximum Gasteiger partial charge on any atom is 0.328 e. The fourth-order valence-corrected chi connectivity index (χ4v) is 5.76. The molecule has 0 bridgehead atoms. The molecule has 2 heterocycles. The van der Waals surface area contributed by atoms with Crippen LogP contribution in [0.15, 0.2) is 24.3 Å². The first kappa shape index (κ1) is 32.1. The number of aliphatic carboxylic acids is 1. The van der Waals surface area contributed by atoms with Crippen molar-refractivity contribution in [3.05, 3.63) is 41.3 Å². The van der Waals surface area contributed by atoms with Crippen molar-refractivity contribution in [2.75, 3.05) is 33.2 Å². The first-order valence-electron chi connectivity index (χ1n) is 13.9. The third kappa shape index (κ3) is 7.08. The minimum Gasteiger partial charge on any atom is -0.478 e. The number of amides is 3. The summed E-state index contributed by atoms with van der Waals surface area (Å²) in [6.45, 7) is 2.93. The van der Waals surface area contributed by atoms with Gasteiger partial charge in [-0.2, -0.15) is 0 Å². The third-order valence-corrected chi connectivity index (χ3v) is 8.19. The van der Waals surface area contributed by atoms with Crippen molar-refractivity contribution in [1.82, 2.24) is 25.0 Å². The topological polar surface area (TPSA) is 124 Å². The van der Waals surface area contributed by atoms with E-state index in [1.54, 1.807) is 41.5 Å². The Morgan fingerprint density at radius 2 is 1.68 bits per heavy atom. The van der Waals surface area contributed by atoms with Crippen LogP contribution >= 0.6 is 12.4 Å². The monoisotopic (exact) mass is 591 g/mol. The molecule has 1 saturated carbocycles. The zero-order valence-electron chi connectivity index (χ0n) is 23.7. The second-order valence-electron chi connectivity index (χ2n) is 10.7. The van der Waals surface area contributed by atoms with Gasteiger partial charge in [0.05, 0.1) is 6.04 Å². The molecular weight excluding hydrogens is 553 g/mol. The molecule has 2 aliphatic rings. The average Bonchev–Trinajstić information content (AvgIpc) is 3.24. The highest BCUT2D eigenvalue weighted by Crippen LogP contribution is 2.30. The number of carbonyl (C=O) groups is 4. The number of nitrogens with zero attached hydrogens (tertiary/aromatic N) is 3. The number of benzene rings is 1. The van der Waals surface area contributed by atoms with Gasteiger partial charge in [0.25, 0.3) is 5.91 Å². The van der Waals surface area contributed by atoms with Crippen LogP contribution in [0.25, 0.3) is 17.0 Å². The van der Waals surface area contributed by atoms with Crippen molar-refractivity contribution in [2.24, 2.45) is 13.0 Å². The number of nitrogens with one attached hydrogen (secondary N) is 2. The summed E-state index contributed by atoms with van der Waals surface area (Å²) in [7, 11) is 3.39. The molecule has 1 aromatic heterocycles. The van der Waals surface area contributed by atoms with Gasteiger partial charge in [0.15, 0.2) is 0 Å². The Balaban J connectivity index is 0.00000462. The molecule has 4 rings (SSSR count). The molecule has 10 nitrogen and oxygen atoms in total. The number of aryl methyl sites for hydroxylation is 1. The van der Waals surface area contributed by atoms with Gasteiger partial charge < -0.3 is 30.1 Å². The van der Waals surface area contributed by atoms with E-state index in [1.807, 2.05) is 0 Å². The molecule has 1 aliphatic carbocycles. The van der Waals surface area contributed by atoms with E-state index in [1.165, 1.54) is 18.2 Å². The lowest BCUT2D eigenvalue weighted by Crippen LogP contribution is -2.59. The van der Waals surface area contributed by atoms with E-state index in [9.17, 15) is 28.7 Å². The van der Waals surface area contributed by atoms with Crippen LogP contribution in [0.4, 0.5) is 4.39 Å². The molecule has 0 radical (unpaired) electrons. The van der Waals surface area contributed by atoms with Crippen molar-refractivity contribution < 1.29 is 28.7 Å². The van der Waals surface area contributed by atoms with E-state index in [0.29, 0.717) is 29.6 Å². The first-order valence-corrected chi connectivity index (χ1v) is 13.9. The quantitative estimate of drug-likeness (QED) is 0.406. The summed E-state index contributed by atoms with van der Waals surface area (Å²) in [5, 5.41) is 15.5. The van der Waals surface area contributed by atoms with Crippen LogP contribution in [0.1, 0.15) is 55.1 Å². The minimum atomic E-state index is -1.18. The minimum absolute atomic E-state index is 0. The Labute approximate surface area is 245 Å². The first-order chi connectivity index (χ1) is 19.1. The zero-order valence-corrected chi connectivity index (χ0v) is 24.5. The largest absolute Gasteiger partial charge is 0.478 e. The summed E-state index contributed by atoms with van der Waals surface area (Å²) in [4.78, 5) is 54.7. The predicted octanol–water partition coefficient (Wildman–Crippen LogP) is 2.79. The van der Waals surface area contributed by atoms with Gasteiger partial charge in [-0.15, -0.1) is 12.4 Å². The van der Waals surface area contributed by atoms with Crippen LogP contribution in [-0.4, -0.2) is 88.5 Å². The summed E-state index contributed by atoms with van der Waals surface area (Å²) in [6, 6.07) is 3.12. The number of hydrogen-bond donors (Lipinski definition) is 3. The maximum absolute atomic E-state index is 14.1. The molecule has 2 unspecified atom stereocenters. The van der Waals surface area contributed by atoms with E-state index >= 15 is 0 Å². The van der Waals surface area contributed by atoms with Crippen LogP contribution in [0, 0.1) is 11.7 Å². The SMILES string of the molecule is CNC(C)C(=O)NC(C(=O)N1CCN(C(=O)c2c(/C=C/C(=O)O)c3cc(F)ccc3n2C)CC1)C1CCCCC1.Cl. The Hall–Kier alpha value is -3.44. The number of hydrogen-bond acceptors (Lipinski definition) is 5. The zero-order chi connectivity index (χ0) is 29.0. The van der Waals surface area contributed by atoms with Crippen molar-refractivity contribution >= 4 is 53.1 Å². The standard InChI is InChI=1S/C29H38FN5O5.ClH/c1-18(31-2)27(38)32-25(19-7-5-4-6-8-19)28(39)34-13-15-35(16-14-34)29(40)26-21(10-12-24(36)37)22-17-20(30)9-11-23(22)33(26)3;/h9-12,17-19,25,31H,4-8,13-16H2,1-3H3,(H,32,38)(H,36,37);1H/b12-10+;. The van der Waals surface area contributed by atoms with Gasteiger partial charge in [-0.05, 0) is 57.0 Å². The summed E-state index contributed by atoms with van der Waals surface area (Å²) in [5.41, 5.74) is 1.19. The summed E-state index contributed by atoms with van der Waals surface area (Å²) in [5.74, 6) is -2.25. The highest BCUT2D eigenvalue weighted by atomic mass is 35.5. The van der Waals surface area contributed by atoms with Crippen molar-refractivity contribution in [3.8, 4) is 0 Å². The average molecular weight is 592 g/mol. The van der Waals surface area contributed by atoms with Gasteiger partial charge in [0, 0.05) is 55.8 Å². The summed E-state index contributed by atoms with van der Waals surface area (Å²) in [6.07, 6.45) is 7.21. The van der Waals surface area contributed by atoms with E-state index in [-0.39, 0.29) is 54.8 Å². The molecule has 1 aromatic carbocycles. The van der Waals surface area contributed by atoms with Crippen LogP contribution in [0.5, 0.6) is 0 Å². The molecular formula is C29H39ClFN5O5. The maximum atomic E-state index is 14.1. The number of rotatable bonds is 8. The molecule has 1 saturated heterocycles. The molecule has 12 heteroatoms. The second-order valence-corrected chi connectivity index (χ2v) is 10.7. The molecule has 2 fully saturated rings. The van der Waals surface area contributed by atoms with Gasteiger partial charge in [0.2, 0.25) is 11.8 Å². The van der Waals surface area contributed by atoms with Crippen molar-refractivity contribution in [3.63, 3.8) is 0 Å². The third-order valence-electron chi connectivity index (χ3n) is 8.19. The Morgan fingerprint density at radius 3 is 2.29 bits per heavy atom. The van der Waals surface area contributed by atoms with Gasteiger partial charge in [-0.3, -0.25) is 14.4 Å². The molecule has 2 aromatic rings. The molecule has 41 heavy (non-hydrogen) atoms. The van der Waals surface area contributed by atoms with E-state index in [0.717, 1.165) is 38.2 Å². The van der Waals surface area contributed by atoms with Crippen LogP contribution in [0.2, 0.25) is 0 Å². The van der Waals surface area contributed by atoms with Crippen LogP contribution < -0.4 is 10.6 Å². The lowest BCUT2D eigenvalue weighted by molar-refractivity contribution is -0.140. The predicted molar refractivity (Wildman–Crippen MR) is 156 cm³/mol. The molecule has 224 valence electrons. The number of fused-ring (bicyclic) bond motifs is 1. The van der Waals surface area contributed by atoms with Gasteiger partial charge in [-0.1, -0.05) is 19.3 Å². The Morgan fingerprint density at radius 1 is 1.05 bits per heavy atom. The highest BCUT2D eigenvalue weighted by molar-refractivity contribution is 6.06. The smallest absolute Gasteiger partial charge is 0.328 e. The number of carboxylic acids is 1. The second kappa shape index (κ2) is 14.0. The molecule has 3 amide bonds. The summed E-state index contributed by atoms with van der Waals surface area (Å²) < 4.78 is 15.7. The lowest BCUT2D eigenvalue weighted by atomic mass is 9.83. The van der Waals surface area contributed by atoms with Crippen molar-refractivity contribution in [1.29, 1.82) is 0 Å². The summed E-state index contributed by atoms with van der Waals surface area (Å²) >= 11 is 0. The van der Waals surface area contributed by atoms with E-state index < -0.39 is 23.9 Å². The molecule has 1 aliphatic heterocycles. The van der Waals surface area contributed by atoms with Gasteiger partial charge >= 0.3 is 5.97 Å². The molecule has 3 N–H and O–H groups in total. The highest BCUT2D eigenvalue weighted by Gasteiger charge is 2.36. The normalized spacial score (nSPS) is 17.8. The molecule has 0 spiro atoms. The number of aromatic nitrogens is 1. The van der Waals surface area contributed by atoms with Gasteiger partial charge in [0.1, 0.15) is 17.6 Å². The van der Waals surface area contributed by atoms with Crippen LogP contribution in [-0.2, 0) is 21.4 Å². The number of carboxylic acid groups (broad SMARTS) is 1. The number of likely N-dealkylation sites (N-methyl/N-ethyl adjacent to an activating group) is 1. The van der Waals surface area contributed by atoms with E-state index in [4.69, 9.17) is 0 Å². The fraction of sp³-hybridized carbons (Fsp3) is 0.517. The van der Waals surface area contributed by atoms with Gasteiger partial charge in [-0.25, -0.2) is 9.18 Å². The lowest BCUT2D eigenvalue weighted by Gasteiger charge is -2.39. The molecule has 2 atom stereocenters. The fourth-order valence-electron chi connectivity index (χ4n) is 5.76. The Bertz CT molecular complexity index is 1310. The van der Waals surface area contributed by atoms with Crippen LogP contribution in [0.3, 0.4) is 0 Å².